The minimum absolute atomic E-state index is 0.0272. The average molecular weight is 632 g/mol. The molecule has 0 aliphatic carbocycles. The van der Waals surface area contributed by atoms with Crippen LogP contribution >= 0.6 is 11.3 Å². The number of nitrogens with two attached hydrogens (primary N) is 2. The number of anilines is 2. The monoisotopic (exact) mass is 631 g/mol. The van der Waals surface area contributed by atoms with E-state index in [-0.39, 0.29) is 24.2 Å². The number of fused-ring (bicyclic) bond motifs is 1. The summed E-state index contributed by atoms with van der Waals surface area (Å²) >= 11 is 1.24. The van der Waals surface area contributed by atoms with Crippen molar-refractivity contribution in [3.8, 4) is 0 Å². The molecule has 1 aliphatic heterocycles. The van der Waals surface area contributed by atoms with Gasteiger partial charge in [0.1, 0.15) is 15.5 Å². The first-order chi connectivity index (χ1) is 21.6. The number of hydrogen-bond donors (Lipinski definition) is 5. The number of hydrogen-bond acceptors (Lipinski definition) is 10. The molecule has 5 rings (SSSR count). The van der Waals surface area contributed by atoms with Crippen molar-refractivity contribution >= 4 is 50.6 Å². The van der Waals surface area contributed by atoms with Crippen LogP contribution in [0.15, 0.2) is 54.6 Å². The lowest BCUT2D eigenvalue weighted by molar-refractivity contribution is -0.384. The Morgan fingerprint density at radius 2 is 1.91 bits per heavy atom. The maximum absolute atomic E-state index is 12.6. The van der Waals surface area contributed by atoms with Gasteiger partial charge in [-0.2, -0.15) is 0 Å². The van der Waals surface area contributed by atoms with Crippen LogP contribution < -0.4 is 27.0 Å². The molecule has 2 amide bonds. The molecule has 1 aliphatic rings. The topological polar surface area (TPSA) is 190 Å². The highest BCUT2D eigenvalue weighted by molar-refractivity contribution is 7.21. The van der Waals surface area contributed by atoms with E-state index in [2.05, 4.69) is 28.5 Å². The Hall–Kier alpha value is -4.59. The number of primary amides is 1. The highest BCUT2D eigenvalue weighted by Gasteiger charge is 2.24. The predicted octanol–water partition coefficient (Wildman–Crippen LogP) is 4.06. The number of pyridine rings is 1. The van der Waals surface area contributed by atoms with Crippen molar-refractivity contribution in [2.75, 3.05) is 30.3 Å². The second-order valence-electron chi connectivity index (χ2n) is 11.2. The van der Waals surface area contributed by atoms with Gasteiger partial charge >= 0.3 is 0 Å². The molecule has 1 unspecified atom stereocenters. The number of benzene rings is 2. The van der Waals surface area contributed by atoms with Crippen molar-refractivity contribution in [1.29, 1.82) is 0 Å². The minimum Gasteiger partial charge on any atom is -0.397 e. The van der Waals surface area contributed by atoms with E-state index in [1.807, 2.05) is 0 Å². The molecule has 7 N–H and O–H groups in total. The number of nitro groups is 1. The number of aliphatic hydroxyl groups is 1. The maximum atomic E-state index is 12.6. The minimum atomic E-state index is -0.741. The number of amides is 2. The van der Waals surface area contributed by atoms with Crippen LogP contribution in [0.5, 0.6) is 0 Å². The molecule has 0 bridgehead atoms. The fourth-order valence-electron chi connectivity index (χ4n) is 5.63. The summed E-state index contributed by atoms with van der Waals surface area (Å²) < 4.78 is 0. The number of piperidine rings is 1. The first kappa shape index (κ1) is 31.8. The van der Waals surface area contributed by atoms with Crippen LogP contribution in [0.1, 0.15) is 69.0 Å². The van der Waals surface area contributed by atoms with E-state index in [1.54, 1.807) is 36.4 Å². The van der Waals surface area contributed by atoms with E-state index < -0.39 is 16.9 Å². The standard InChI is InChI=1S/C32H37N7O5S/c1-2-4-22-16-26(37-32-27(22)28(33)29(45-32)30(34)41)38-13-11-23(12-14-38)35-18-25(40)20-7-9-21(10-8-20)31(42)36-17-19-5-3-6-24(15-19)39(43)44/h3,5-10,15-16,23,25,35,40H,2,4,11-14,17-18,33H2,1H3,(H2,34,41)(H,36,42). The highest BCUT2D eigenvalue weighted by atomic mass is 32.1. The lowest BCUT2D eigenvalue weighted by Crippen LogP contribution is -2.44. The summed E-state index contributed by atoms with van der Waals surface area (Å²) in [6, 6.07) is 15.2. The van der Waals surface area contributed by atoms with E-state index >= 15 is 0 Å². The van der Waals surface area contributed by atoms with Gasteiger partial charge in [-0.25, -0.2) is 4.98 Å². The van der Waals surface area contributed by atoms with E-state index in [0.717, 1.165) is 60.4 Å². The molecule has 4 aromatic rings. The number of nitro benzene ring substituents is 1. The Morgan fingerprint density at radius 3 is 2.58 bits per heavy atom. The molecule has 13 heteroatoms. The number of rotatable bonds is 12. The van der Waals surface area contributed by atoms with Crippen LogP contribution in [0.3, 0.4) is 0 Å². The van der Waals surface area contributed by atoms with Gasteiger partial charge in [-0.05, 0) is 54.2 Å². The summed E-state index contributed by atoms with van der Waals surface area (Å²) in [6.07, 6.45) is 2.77. The Bertz CT molecular complexity index is 1700. The van der Waals surface area contributed by atoms with Crippen molar-refractivity contribution in [3.63, 3.8) is 0 Å². The Balaban J connectivity index is 1.12. The third kappa shape index (κ3) is 7.39. The first-order valence-electron chi connectivity index (χ1n) is 14.9. The highest BCUT2D eigenvalue weighted by Crippen LogP contribution is 2.37. The quantitative estimate of drug-likeness (QED) is 0.113. The number of thiophene rings is 1. The Kier molecular flexibility index (Phi) is 9.91. The molecule has 1 saturated heterocycles. The number of non-ortho nitro benzene ring substituents is 1. The van der Waals surface area contributed by atoms with Crippen molar-refractivity contribution in [2.45, 2.75) is 51.3 Å². The predicted molar refractivity (Wildman–Crippen MR) is 175 cm³/mol. The van der Waals surface area contributed by atoms with Gasteiger partial charge in [0.15, 0.2) is 0 Å². The van der Waals surface area contributed by atoms with Crippen molar-refractivity contribution in [1.82, 2.24) is 15.6 Å². The zero-order valence-corrected chi connectivity index (χ0v) is 25.8. The summed E-state index contributed by atoms with van der Waals surface area (Å²) in [7, 11) is 0. The molecule has 45 heavy (non-hydrogen) atoms. The van der Waals surface area contributed by atoms with Gasteiger partial charge < -0.3 is 32.1 Å². The second kappa shape index (κ2) is 14.0. The molecule has 1 fully saturated rings. The number of carbonyl (C=O) groups is 2. The maximum Gasteiger partial charge on any atom is 0.269 e. The fourth-order valence-corrected chi connectivity index (χ4v) is 6.61. The van der Waals surface area contributed by atoms with E-state index in [9.17, 15) is 24.8 Å². The molecule has 0 spiro atoms. The molecular weight excluding hydrogens is 594 g/mol. The second-order valence-corrected chi connectivity index (χ2v) is 12.2. The van der Waals surface area contributed by atoms with Crippen molar-refractivity contribution in [2.24, 2.45) is 5.73 Å². The van der Waals surface area contributed by atoms with E-state index in [1.165, 1.54) is 23.5 Å². The van der Waals surface area contributed by atoms with Crippen LogP contribution in [0.2, 0.25) is 0 Å². The van der Waals surface area contributed by atoms with Crippen LogP contribution in [0.25, 0.3) is 10.2 Å². The number of nitrogens with zero attached hydrogens (tertiary/aromatic N) is 3. The SMILES string of the molecule is CCCc1cc(N2CCC(NCC(O)c3ccc(C(=O)NCc4cccc([N+](=O)[O-])c4)cc3)CC2)nc2sc(C(N)=O)c(N)c12. The molecule has 3 heterocycles. The Morgan fingerprint density at radius 1 is 1.18 bits per heavy atom. The van der Waals surface area contributed by atoms with E-state index in [0.29, 0.717) is 33.8 Å². The number of nitrogen functional groups attached to an aromatic ring is 1. The van der Waals surface area contributed by atoms with Crippen molar-refractivity contribution < 1.29 is 19.6 Å². The smallest absolute Gasteiger partial charge is 0.269 e. The van der Waals surface area contributed by atoms with Gasteiger partial charge in [0.25, 0.3) is 17.5 Å². The molecule has 2 aromatic heterocycles. The number of aryl methyl sites for hydroxylation is 1. The Labute approximate surface area is 264 Å². The van der Waals surface area contributed by atoms with Gasteiger partial charge in [-0.3, -0.25) is 19.7 Å². The third-order valence-electron chi connectivity index (χ3n) is 8.06. The van der Waals surface area contributed by atoms with Crippen LogP contribution in [-0.4, -0.2) is 52.5 Å². The molecule has 1 atom stereocenters. The van der Waals surface area contributed by atoms with Gasteiger partial charge in [0.2, 0.25) is 0 Å². The lowest BCUT2D eigenvalue weighted by atomic mass is 10.0. The zero-order valence-electron chi connectivity index (χ0n) is 25.0. The molecule has 2 aromatic carbocycles. The van der Waals surface area contributed by atoms with Gasteiger partial charge in [0.05, 0.1) is 16.7 Å². The van der Waals surface area contributed by atoms with Gasteiger partial charge in [-0.15, -0.1) is 11.3 Å². The summed E-state index contributed by atoms with van der Waals surface area (Å²) in [5.41, 5.74) is 15.0. The number of aliphatic hydroxyl groups excluding tert-OH is 1. The third-order valence-corrected chi connectivity index (χ3v) is 9.18. The lowest BCUT2D eigenvalue weighted by Gasteiger charge is -2.34. The summed E-state index contributed by atoms with van der Waals surface area (Å²) in [6.45, 7) is 4.23. The molecule has 236 valence electrons. The summed E-state index contributed by atoms with van der Waals surface area (Å²) in [5, 5.41) is 28.8. The molecule has 0 saturated carbocycles. The summed E-state index contributed by atoms with van der Waals surface area (Å²) in [4.78, 5) is 43.1. The number of aromatic nitrogens is 1. The van der Waals surface area contributed by atoms with Crippen molar-refractivity contribution in [3.05, 3.63) is 91.8 Å². The fraction of sp³-hybridized carbons (Fsp3) is 0.344. The number of carbonyl (C=O) groups excluding carboxylic acids is 2. The molecule has 12 nitrogen and oxygen atoms in total. The van der Waals surface area contributed by atoms with Crippen LogP contribution in [0.4, 0.5) is 17.2 Å². The molecular formula is C32H37N7O5S. The van der Waals surface area contributed by atoms with Crippen LogP contribution in [-0.2, 0) is 13.0 Å². The zero-order chi connectivity index (χ0) is 32.1. The average Bonchev–Trinajstić information content (AvgIpc) is 3.39. The first-order valence-corrected chi connectivity index (χ1v) is 15.8. The van der Waals surface area contributed by atoms with E-state index in [4.69, 9.17) is 16.5 Å². The van der Waals surface area contributed by atoms with Gasteiger partial charge in [0, 0.05) is 55.3 Å². The normalized spacial score (nSPS) is 14.4. The van der Waals surface area contributed by atoms with Crippen LogP contribution in [0, 0.1) is 10.1 Å². The largest absolute Gasteiger partial charge is 0.397 e. The number of nitrogens with one attached hydrogen (secondary N) is 2. The summed E-state index contributed by atoms with van der Waals surface area (Å²) in [5.74, 6) is 0.0279. The van der Waals surface area contributed by atoms with Gasteiger partial charge in [-0.1, -0.05) is 37.6 Å². The molecule has 0 radical (unpaired) electrons.